The van der Waals surface area contributed by atoms with Crippen LogP contribution in [0.15, 0.2) is 42.5 Å². The Morgan fingerprint density at radius 2 is 1.60 bits per heavy atom. The van der Waals surface area contributed by atoms with Crippen molar-refractivity contribution in [3.05, 3.63) is 53.6 Å². The fourth-order valence-electron chi connectivity index (χ4n) is 4.91. The molecule has 2 aliphatic heterocycles. The van der Waals surface area contributed by atoms with E-state index in [-0.39, 0.29) is 36.0 Å². The third kappa shape index (κ3) is 8.21. The van der Waals surface area contributed by atoms with E-state index < -0.39 is 74.0 Å². The van der Waals surface area contributed by atoms with Crippen LogP contribution < -0.4 is 4.74 Å². The lowest BCUT2D eigenvalue weighted by molar-refractivity contribution is -0.357. The van der Waals surface area contributed by atoms with Gasteiger partial charge in [-0.2, -0.15) is 0 Å². The molecular formula is C30H38O15. The third-order valence-electron chi connectivity index (χ3n) is 7.47. The van der Waals surface area contributed by atoms with Crippen LogP contribution in [0.2, 0.25) is 0 Å². The van der Waals surface area contributed by atoms with Crippen molar-refractivity contribution >= 4 is 12.0 Å². The lowest BCUT2D eigenvalue weighted by Crippen LogP contribution is -2.65. The van der Waals surface area contributed by atoms with Crippen LogP contribution in [0.3, 0.4) is 0 Å². The number of esters is 1. The highest BCUT2D eigenvalue weighted by Gasteiger charge is 2.52. The molecule has 45 heavy (non-hydrogen) atoms. The summed E-state index contributed by atoms with van der Waals surface area (Å²) in [5, 5.41) is 81.4. The smallest absolute Gasteiger partial charge is 0.331 e. The van der Waals surface area contributed by atoms with E-state index in [4.69, 9.17) is 28.4 Å². The molecule has 2 heterocycles. The van der Waals surface area contributed by atoms with Gasteiger partial charge >= 0.3 is 5.97 Å². The number of carbonyl (C=O) groups is 1. The molecule has 4 rings (SSSR count). The van der Waals surface area contributed by atoms with E-state index in [1.54, 1.807) is 6.07 Å². The van der Waals surface area contributed by atoms with Gasteiger partial charge in [0.1, 0.15) is 36.6 Å². The topological polar surface area (TPSA) is 234 Å². The van der Waals surface area contributed by atoms with Gasteiger partial charge in [0, 0.05) is 6.08 Å². The summed E-state index contributed by atoms with van der Waals surface area (Å²) < 4.78 is 33.4. The second-order valence-corrected chi connectivity index (χ2v) is 10.6. The van der Waals surface area contributed by atoms with Crippen LogP contribution >= 0.6 is 0 Å². The number of aromatic hydroxyl groups is 3. The predicted molar refractivity (Wildman–Crippen MR) is 152 cm³/mol. The van der Waals surface area contributed by atoms with Gasteiger partial charge in [-0.3, -0.25) is 0 Å². The molecule has 15 heteroatoms. The summed E-state index contributed by atoms with van der Waals surface area (Å²) in [7, 11) is 1.36. The molecule has 2 saturated heterocycles. The molecule has 248 valence electrons. The maximum absolute atomic E-state index is 12.9. The fraction of sp³-hybridized carbons (Fsp3) is 0.500. The van der Waals surface area contributed by atoms with Gasteiger partial charge in [-0.25, -0.2) is 4.79 Å². The van der Waals surface area contributed by atoms with E-state index in [0.717, 1.165) is 6.08 Å². The minimum Gasteiger partial charge on any atom is -0.504 e. The molecule has 10 atom stereocenters. The zero-order valence-corrected chi connectivity index (χ0v) is 24.4. The van der Waals surface area contributed by atoms with Crippen LogP contribution in [0, 0.1) is 0 Å². The summed E-state index contributed by atoms with van der Waals surface area (Å²) in [6.07, 6.45) is -12.3. The van der Waals surface area contributed by atoms with E-state index in [1.165, 1.54) is 50.4 Å². The molecular weight excluding hydrogens is 600 g/mol. The lowest BCUT2D eigenvalue weighted by atomic mass is 9.97. The predicted octanol–water partition coefficient (Wildman–Crippen LogP) is -0.713. The summed E-state index contributed by atoms with van der Waals surface area (Å²) in [6, 6.07) is 8.54. The summed E-state index contributed by atoms with van der Waals surface area (Å²) in [6.45, 7) is 0.645. The summed E-state index contributed by atoms with van der Waals surface area (Å²) in [5.41, 5.74) is 1.07. The third-order valence-corrected chi connectivity index (χ3v) is 7.47. The first-order valence-corrected chi connectivity index (χ1v) is 14.1. The Bertz CT molecular complexity index is 1320. The van der Waals surface area contributed by atoms with Gasteiger partial charge in [-0.1, -0.05) is 12.1 Å². The molecule has 0 aromatic heterocycles. The first kappa shape index (κ1) is 34.4. The maximum atomic E-state index is 12.9. The van der Waals surface area contributed by atoms with Crippen molar-refractivity contribution < 1.29 is 74.1 Å². The number of hydrogen-bond donors (Lipinski definition) is 8. The Morgan fingerprint density at radius 1 is 0.867 bits per heavy atom. The quantitative estimate of drug-likeness (QED) is 0.0862. The average Bonchev–Trinajstić information content (AvgIpc) is 3.02. The van der Waals surface area contributed by atoms with E-state index >= 15 is 0 Å². The molecule has 0 unspecified atom stereocenters. The second kappa shape index (κ2) is 15.2. The van der Waals surface area contributed by atoms with Crippen LogP contribution in [0.5, 0.6) is 23.0 Å². The normalized spacial score (nSPS) is 32.0. The molecule has 15 nitrogen and oxygen atoms in total. The minimum absolute atomic E-state index is 0.0649. The molecule has 0 bridgehead atoms. The van der Waals surface area contributed by atoms with Gasteiger partial charge in [0.25, 0.3) is 0 Å². The number of benzene rings is 2. The maximum Gasteiger partial charge on any atom is 0.331 e. The average molecular weight is 639 g/mol. The van der Waals surface area contributed by atoms with Crippen molar-refractivity contribution in [2.45, 2.75) is 74.8 Å². The number of carbonyl (C=O) groups excluding carboxylic acids is 1. The number of aliphatic hydroxyl groups is 5. The second-order valence-electron chi connectivity index (χ2n) is 10.6. The van der Waals surface area contributed by atoms with Gasteiger partial charge in [0.2, 0.25) is 0 Å². The first-order chi connectivity index (χ1) is 21.4. The number of phenolic OH excluding ortho intramolecular Hbond substituents is 3. The highest BCUT2D eigenvalue weighted by atomic mass is 16.7. The molecule has 2 aliphatic rings. The van der Waals surface area contributed by atoms with Gasteiger partial charge in [0.05, 0.1) is 26.4 Å². The zero-order valence-electron chi connectivity index (χ0n) is 24.4. The fourth-order valence-corrected chi connectivity index (χ4v) is 4.91. The molecule has 0 aliphatic carbocycles. The van der Waals surface area contributed by atoms with Crippen molar-refractivity contribution in [2.75, 3.05) is 20.3 Å². The molecule has 0 saturated carbocycles. The number of methoxy groups -OCH3 is 1. The van der Waals surface area contributed by atoms with E-state index in [0.29, 0.717) is 11.1 Å². The molecule has 0 radical (unpaired) electrons. The van der Waals surface area contributed by atoms with Crippen molar-refractivity contribution in [3.63, 3.8) is 0 Å². The van der Waals surface area contributed by atoms with Crippen molar-refractivity contribution in [1.82, 2.24) is 0 Å². The van der Waals surface area contributed by atoms with Crippen molar-refractivity contribution in [2.24, 2.45) is 0 Å². The first-order valence-electron chi connectivity index (χ1n) is 14.1. The molecule has 2 aromatic carbocycles. The Hall–Kier alpha value is -3.51. The van der Waals surface area contributed by atoms with Crippen LogP contribution in [0.25, 0.3) is 6.08 Å². The lowest BCUT2D eigenvalue weighted by Gasteiger charge is -2.46. The Balaban J connectivity index is 1.52. The number of aliphatic hydroxyl groups excluding tert-OH is 5. The Kier molecular flexibility index (Phi) is 11.6. The number of ether oxygens (including phenoxy) is 6. The zero-order chi connectivity index (χ0) is 32.8. The monoisotopic (exact) mass is 638 g/mol. The molecule has 0 spiro atoms. The van der Waals surface area contributed by atoms with Crippen molar-refractivity contribution in [1.29, 1.82) is 0 Å². The van der Waals surface area contributed by atoms with Crippen LogP contribution in [0.4, 0.5) is 0 Å². The summed E-state index contributed by atoms with van der Waals surface area (Å²) in [4.78, 5) is 12.9. The summed E-state index contributed by atoms with van der Waals surface area (Å²) in [5.74, 6) is -1.49. The van der Waals surface area contributed by atoms with Gasteiger partial charge < -0.3 is 69.3 Å². The van der Waals surface area contributed by atoms with Crippen LogP contribution in [-0.4, -0.2) is 129 Å². The SMILES string of the molecule is COc1cc(/C=C/C(=O)O[C@H]2[C@H](O[C@@H]3O[C@H](C)[C@H](O)[C@@H](O)[C@H]3O)[C@@H](O)[C@H](OCCc3ccc(O)c(O)c3)O[C@@H]2CO)ccc1O. The van der Waals surface area contributed by atoms with E-state index in [9.17, 15) is 45.6 Å². The number of hydrogen-bond acceptors (Lipinski definition) is 15. The van der Waals surface area contributed by atoms with E-state index in [1.807, 2.05) is 0 Å². The number of phenols is 3. The minimum atomic E-state index is -1.76. The number of rotatable bonds is 11. The summed E-state index contributed by atoms with van der Waals surface area (Å²) >= 11 is 0. The van der Waals surface area contributed by atoms with Gasteiger partial charge in [0.15, 0.2) is 41.7 Å². The molecule has 0 amide bonds. The molecule has 8 N–H and O–H groups in total. The highest BCUT2D eigenvalue weighted by Crippen LogP contribution is 2.32. The van der Waals surface area contributed by atoms with Crippen LogP contribution in [-0.2, 0) is 34.9 Å². The Labute approximate surface area is 258 Å². The van der Waals surface area contributed by atoms with Gasteiger partial charge in [-0.05, 0) is 54.8 Å². The highest BCUT2D eigenvalue weighted by molar-refractivity contribution is 5.87. The van der Waals surface area contributed by atoms with E-state index in [2.05, 4.69) is 0 Å². The van der Waals surface area contributed by atoms with Gasteiger partial charge in [-0.15, -0.1) is 0 Å². The Morgan fingerprint density at radius 3 is 2.29 bits per heavy atom. The standard InChI is InChI=1S/C30H38O15/c1-14-23(36)24(37)25(38)30(42-14)45-28-26(39)29(41-10-9-16-3-6-17(32)19(34)11-16)43-21(13-31)27(28)44-22(35)8-5-15-4-7-18(33)20(12-15)40-2/h3-8,11-12,14,21,23-34,36-39H,9-10,13H2,1-2H3/b8-5+/t14-,21-,23+,24-,25-,26-,27-,28-,29-,30+/m1/s1. The van der Waals surface area contributed by atoms with Crippen LogP contribution in [0.1, 0.15) is 18.1 Å². The molecule has 2 fully saturated rings. The largest absolute Gasteiger partial charge is 0.504 e. The molecule has 2 aromatic rings. The van der Waals surface area contributed by atoms with Crippen molar-refractivity contribution in [3.8, 4) is 23.0 Å².